The maximum Gasteiger partial charge on any atom is 1.00 e. The van der Waals surface area contributed by atoms with Crippen LogP contribution < -0.4 is 18.9 Å². The molecule has 0 saturated carbocycles. The molecule has 0 atom stereocenters. The van der Waals surface area contributed by atoms with E-state index >= 15 is 0 Å². The smallest absolute Gasteiger partial charge is 0.425 e. The Bertz CT molecular complexity index is 1240. The van der Waals surface area contributed by atoms with Gasteiger partial charge in [-0.2, -0.15) is 114 Å². The molecule has 0 heterocycles. The molecule has 0 aromatic carbocycles. The van der Waals surface area contributed by atoms with E-state index in [9.17, 15) is 131 Å². The summed E-state index contributed by atoms with van der Waals surface area (Å²) in [5.74, 6) is -72.0. The minimum absolute atomic E-state index is 0. The van der Waals surface area contributed by atoms with Crippen molar-refractivity contribution in [2.24, 2.45) is 0 Å². The van der Waals surface area contributed by atoms with Gasteiger partial charge in [-0.3, -0.25) is 0 Å². The summed E-state index contributed by atoms with van der Waals surface area (Å²) in [6.07, 6.45) is -16.3. The van der Waals surface area contributed by atoms with Crippen LogP contribution in [0.3, 0.4) is 0 Å². The minimum Gasteiger partial charge on any atom is -0.425 e. The number of rotatable bonds is 12. The molecule has 0 aromatic rings. The predicted octanol–water partition coefficient (Wildman–Crippen LogP) is 4.42. The molecule has 0 rings (SSSR count). The molecule has 0 spiro atoms. The third-order valence-corrected chi connectivity index (χ3v) is 8.03. The van der Waals surface area contributed by atoms with E-state index in [4.69, 9.17) is 0 Å². The van der Waals surface area contributed by atoms with Gasteiger partial charge in [-0.15, -0.1) is 0 Å². The van der Waals surface area contributed by atoms with Gasteiger partial charge in [0, 0.05) is 0 Å². The van der Waals surface area contributed by atoms with Crippen LogP contribution in [0.15, 0.2) is 0 Å². The molecule has 0 aliphatic carbocycles. The van der Waals surface area contributed by atoms with E-state index in [2.05, 4.69) is 0 Å². The maximum atomic E-state index is 13.7. The summed E-state index contributed by atoms with van der Waals surface area (Å²) in [7, 11) is -19.1. The molecular formula is C12F26LiNO4S2. The third kappa shape index (κ3) is 5.83. The predicted molar refractivity (Wildman–Crippen MR) is 82.8 cm³/mol. The van der Waals surface area contributed by atoms with Gasteiger partial charge in [0.05, 0.1) is 0 Å². The average Bonchev–Trinajstić information content (AvgIpc) is 2.75. The van der Waals surface area contributed by atoms with Gasteiger partial charge >= 0.3 is 89.1 Å². The van der Waals surface area contributed by atoms with Gasteiger partial charge in [-0.25, -0.2) is 16.8 Å². The fourth-order valence-corrected chi connectivity index (χ4v) is 4.74. The number of halogens is 26. The summed E-state index contributed by atoms with van der Waals surface area (Å²) in [6.45, 7) is 0. The Morgan fingerprint density at radius 3 is 0.587 bits per heavy atom. The molecule has 0 saturated heterocycles. The normalized spacial score (nSPS) is 16.7. The van der Waals surface area contributed by atoms with Gasteiger partial charge in [0.2, 0.25) is 0 Å². The second kappa shape index (κ2) is 11.3. The van der Waals surface area contributed by atoms with E-state index in [0.29, 0.717) is 0 Å². The zero-order valence-corrected chi connectivity index (χ0v) is 21.4. The minimum atomic E-state index is -9.54. The van der Waals surface area contributed by atoms with Crippen LogP contribution in [0.1, 0.15) is 0 Å². The SMILES string of the molecule is O=S(=O)([N-]S(=O)(=O)C(F)(F)C(F)(F)C(F)(F)C(F)(F)C(F)(F)C(F)(F)F)C(F)(F)C(F)(F)C(F)(F)C(F)(F)C(F)(F)C(F)(F)F.[Li+]. The van der Waals surface area contributed by atoms with Gasteiger partial charge in [0.25, 0.3) is 0 Å². The number of sulfonamides is 2. The molecule has 34 heteroatoms. The van der Waals surface area contributed by atoms with Gasteiger partial charge < -0.3 is 4.13 Å². The number of alkyl halides is 26. The van der Waals surface area contributed by atoms with Crippen molar-refractivity contribution in [3.63, 3.8) is 0 Å². The van der Waals surface area contributed by atoms with Crippen molar-refractivity contribution in [1.29, 1.82) is 0 Å². The first-order valence-corrected chi connectivity index (χ1v) is 11.7. The summed E-state index contributed by atoms with van der Waals surface area (Å²) in [6, 6.07) is 0. The van der Waals surface area contributed by atoms with E-state index in [1.807, 2.05) is 0 Å². The Morgan fingerprint density at radius 1 is 0.283 bits per heavy atom. The van der Waals surface area contributed by atoms with Crippen LogP contribution in [0.25, 0.3) is 4.13 Å². The number of nitrogens with zero attached hydrogens (tertiary/aromatic N) is 1. The fourth-order valence-electron chi connectivity index (χ4n) is 2.06. The van der Waals surface area contributed by atoms with Crippen molar-refractivity contribution in [3.8, 4) is 0 Å². The molecule has 0 aromatic heterocycles. The van der Waals surface area contributed by atoms with Crippen LogP contribution in [0, 0.1) is 0 Å². The van der Waals surface area contributed by atoms with Crippen LogP contribution in [-0.2, 0) is 20.0 Å². The van der Waals surface area contributed by atoms with Crippen molar-refractivity contribution in [3.05, 3.63) is 4.13 Å². The Hall–Kier alpha value is -1.36. The quantitative estimate of drug-likeness (QED) is 0.217. The van der Waals surface area contributed by atoms with Gasteiger partial charge in [0.1, 0.15) is 0 Å². The zero-order valence-electron chi connectivity index (χ0n) is 19.7. The maximum absolute atomic E-state index is 13.7. The molecule has 0 unspecified atom stereocenters. The molecular weight excluding hydrogens is 787 g/mol. The van der Waals surface area contributed by atoms with E-state index in [-0.39, 0.29) is 18.9 Å². The molecule has 0 radical (unpaired) electrons. The number of hydrogen-bond donors (Lipinski definition) is 0. The van der Waals surface area contributed by atoms with E-state index < -0.39 is 94.4 Å². The first-order valence-electron chi connectivity index (χ1n) is 8.85. The van der Waals surface area contributed by atoms with E-state index in [1.165, 1.54) is 0 Å². The summed E-state index contributed by atoms with van der Waals surface area (Å²) in [5.41, 5.74) is 0. The molecule has 0 aliphatic heterocycles. The van der Waals surface area contributed by atoms with Crippen molar-refractivity contribution < 1.29 is 150 Å². The largest absolute Gasteiger partial charge is 1.00 e. The first kappa shape index (κ1) is 46.8. The Kier molecular flexibility index (Phi) is 11.5. The summed E-state index contributed by atoms with van der Waals surface area (Å²) in [4.78, 5) is 0. The van der Waals surface area contributed by atoms with Gasteiger partial charge in [0.15, 0.2) is 20.0 Å². The second-order valence-electron chi connectivity index (χ2n) is 7.65. The van der Waals surface area contributed by atoms with Crippen LogP contribution in [0.4, 0.5) is 114 Å². The van der Waals surface area contributed by atoms with Gasteiger partial charge in [-0.1, -0.05) is 0 Å². The summed E-state index contributed by atoms with van der Waals surface area (Å²) >= 11 is 0. The molecule has 0 bridgehead atoms. The molecule has 46 heavy (non-hydrogen) atoms. The first-order chi connectivity index (χ1) is 18.7. The molecule has 0 fully saturated rings. The van der Waals surface area contributed by atoms with Gasteiger partial charge in [-0.05, 0) is 0 Å². The number of hydrogen-bond acceptors (Lipinski definition) is 4. The third-order valence-electron chi connectivity index (χ3n) is 4.65. The molecule has 0 amide bonds. The van der Waals surface area contributed by atoms with Crippen LogP contribution >= 0.6 is 0 Å². The average molecular weight is 787 g/mol. The Balaban J connectivity index is 0. The van der Waals surface area contributed by atoms with E-state index in [0.717, 1.165) is 0 Å². The van der Waals surface area contributed by atoms with Crippen molar-refractivity contribution >= 4 is 20.0 Å². The van der Waals surface area contributed by atoms with Crippen LogP contribution in [0.5, 0.6) is 0 Å². The van der Waals surface area contributed by atoms with Crippen molar-refractivity contribution in [1.82, 2.24) is 0 Å². The Labute approximate surface area is 244 Å². The molecule has 272 valence electrons. The van der Waals surface area contributed by atoms with E-state index in [1.54, 1.807) is 0 Å². The molecule has 0 N–H and O–H groups in total. The monoisotopic (exact) mass is 787 g/mol. The second-order valence-corrected chi connectivity index (χ2v) is 11.2. The summed E-state index contributed by atoms with van der Waals surface area (Å²) < 4.78 is 381. The zero-order chi connectivity index (χ0) is 37.7. The van der Waals surface area contributed by atoms with Crippen molar-refractivity contribution in [2.75, 3.05) is 0 Å². The fraction of sp³-hybridized carbons (Fsp3) is 1.00. The standard InChI is InChI=1S/C12F26NO4S2.Li/c13-1(14,5(21,22)9(29,30)31)3(17,18)7(25,26)11(35,36)44(40,41)39-45(42,43)12(37,38)8(27,28)4(19,20)2(15,16)6(23,24)10(32,33)34;/q-1;+1. The van der Waals surface area contributed by atoms with Crippen LogP contribution in [-0.4, -0.2) is 87.1 Å². The topological polar surface area (TPSA) is 82.4 Å². The Morgan fingerprint density at radius 2 is 0.435 bits per heavy atom. The summed E-state index contributed by atoms with van der Waals surface area (Å²) in [5, 5.41) is -17.9. The van der Waals surface area contributed by atoms with Crippen LogP contribution in [0.2, 0.25) is 0 Å². The van der Waals surface area contributed by atoms with Crippen molar-refractivity contribution in [2.45, 2.75) is 70.2 Å². The molecule has 5 nitrogen and oxygen atoms in total. The molecule has 0 aliphatic rings.